The third-order valence-electron chi connectivity index (χ3n) is 4.96. The number of hydrogen-bond acceptors (Lipinski definition) is 6. The SMILES string of the molecule is COC(=O)c1ccc2c(c1)/C(=C\Nc1ccc(C(=O)Nc3ccccc3N)cc1)C(=O)N2. The highest BCUT2D eigenvalue weighted by Crippen LogP contribution is 2.32. The molecule has 3 aromatic carbocycles. The molecular formula is C24H20N4O4. The Hall–Kier alpha value is -4.59. The summed E-state index contributed by atoms with van der Waals surface area (Å²) < 4.78 is 4.74. The average Bonchev–Trinajstić information content (AvgIpc) is 3.13. The first kappa shape index (κ1) is 20.7. The third-order valence-corrected chi connectivity index (χ3v) is 4.96. The standard InChI is InChI=1S/C24H20N4O4/c1-32-24(31)15-8-11-20-17(12-15)18(23(30)27-20)13-26-16-9-6-14(7-10-16)22(29)28-21-5-3-2-4-19(21)25/h2-13,26H,25H2,1H3,(H,27,30)(H,28,29)/b18-13+. The lowest BCUT2D eigenvalue weighted by molar-refractivity contribution is -0.110. The molecule has 8 nitrogen and oxygen atoms in total. The zero-order chi connectivity index (χ0) is 22.7. The molecule has 0 aromatic heterocycles. The van der Waals surface area contributed by atoms with Gasteiger partial charge in [-0.2, -0.15) is 0 Å². The summed E-state index contributed by atoms with van der Waals surface area (Å²) >= 11 is 0. The minimum Gasteiger partial charge on any atom is -0.465 e. The van der Waals surface area contributed by atoms with Crippen molar-refractivity contribution in [2.75, 3.05) is 28.8 Å². The Bertz CT molecular complexity index is 1250. The van der Waals surface area contributed by atoms with E-state index in [9.17, 15) is 14.4 Å². The van der Waals surface area contributed by atoms with Gasteiger partial charge >= 0.3 is 5.97 Å². The Morgan fingerprint density at radius 2 is 1.72 bits per heavy atom. The molecule has 1 aliphatic rings. The fourth-order valence-electron chi connectivity index (χ4n) is 3.25. The normalized spacial score (nSPS) is 13.3. The summed E-state index contributed by atoms with van der Waals surface area (Å²) in [5, 5.41) is 8.58. The first-order chi connectivity index (χ1) is 15.5. The molecule has 32 heavy (non-hydrogen) atoms. The molecule has 0 saturated carbocycles. The van der Waals surface area contributed by atoms with E-state index >= 15 is 0 Å². The predicted octanol–water partition coefficient (Wildman–Crippen LogP) is 3.71. The number of ether oxygens (including phenoxy) is 1. The van der Waals surface area contributed by atoms with Gasteiger partial charge in [0.05, 0.1) is 29.6 Å². The number of nitrogens with two attached hydrogens (primary N) is 1. The predicted molar refractivity (Wildman–Crippen MR) is 123 cm³/mol. The molecule has 0 spiro atoms. The molecule has 0 fully saturated rings. The second kappa shape index (κ2) is 8.65. The number of nitrogens with one attached hydrogen (secondary N) is 3. The van der Waals surface area contributed by atoms with Gasteiger partial charge < -0.3 is 26.4 Å². The van der Waals surface area contributed by atoms with Gasteiger partial charge in [0.15, 0.2) is 0 Å². The number of carbonyl (C=O) groups is 3. The van der Waals surface area contributed by atoms with Crippen molar-refractivity contribution in [2.24, 2.45) is 0 Å². The number of hydrogen-bond donors (Lipinski definition) is 4. The Kier molecular flexibility index (Phi) is 5.59. The number of rotatable bonds is 5. The molecule has 0 aliphatic carbocycles. The fourth-order valence-corrected chi connectivity index (χ4v) is 3.25. The lowest BCUT2D eigenvalue weighted by Crippen LogP contribution is -2.13. The van der Waals surface area contributed by atoms with Crippen molar-refractivity contribution in [3.05, 3.63) is 89.6 Å². The number of carbonyl (C=O) groups excluding carboxylic acids is 3. The van der Waals surface area contributed by atoms with Crippen LogP contribution >= 0.6 is 0 Å². The molecule has 0 atom stereocenters. The molecule has 0 unspecified atom stereocenters. The van der Waals surface area contributed by atoms with E-state index in [2.05, 4.69) is 16.0 Å². The van der Waals surface area contributed by atoms with Gasteiger partial charge in [0.25, 0.3) is 11.8 Å². The molecule has 0 radical (unpaired) electrons. The van der Waals surface area contributed by atoms with E-state index in [-0.39, 0.29) is 11.8 Å². The molecule has 1 heterocycles. The van der Waals surface area contributed by atoms with Gasteiger partial charge in [0.2, 0.25) is 0 Å². The Balaban J connectivity index is 1.49. The quantitative estimate of drug-likeness (QED) is 0.279. The van der Waals surface area contributed by atoms with Crippen LogP contribution in [0.4, 0.5) is 22.7 Å². The molecule has 8 heteroatoms. The largest absolute Gasteiger partial charge is 0.465 e. The summed E-state index contributed by atoms with van der Waals surface area (Å²) in [6.07, 6.45) is 1.56. The summed E-state index contributed by atoms with van der Waals surface area (Å²) in [4.78, 5) is 36.6. The summed E-state index contributed by atoms with van der Waals surface area (Å²) in [5.74, 6) is -1.05. The van der Waals surface area contributed by atoms with E-state index in [1.807, 2.05) is 0 Å². The van der Waals surface area contributed by atoms with Gasteiger partial charge in [-0.15, -0.1) is 0 Å². The van der Waals surface area contributed by atoms with Gasteiger partial charge in [0, 0.05) is 28.7 Å². The van der Waals surface area contributed by atoms with E-state index < -0.39 is 5.97 Å². The van der Waals surface area contributed by atoms with E-state index in [0.717, 1.165) is 0 Å². The van der Waals surface area contributed by atoms with Crippen LogP contribution in [0.25, 0.3) is 5.57 Å². The Labute approximate surface area is 184 Å². The second-order valence-electron chi connectivity index (χ2n) is 7.03. The van der Waals surface area contributed by atoms with Crippen LogP contribution in [-0.4, -0.2) is 24.9 Å². The molecule has 4 rings (SSSR count). The van der Waals surface area contributed by atoms with Gasteiger partial charge in [-0.3, -0.25) is 9.59 Å². The van der Waals surface area contributed by atoms with Crippen molar-refractivity contribution < 1.29 is 19.1 Å². The van der Waals surface area contributed by atoms with Crippen LogP contribution in [-0.2, 0) is 9.53 Å². The molecule has 1 aliphatic heterocycles. The van der Waals surface area contributed by atoms with Crippen LogP contribution in [0.15, 0.2) is 72.9 Å². The number of nitrogen functional groups attached to an aromatic ring is 1. The van der Waals surface area contributed by atoms with Gasteiger partial charge in [-0.05, 0) is 54.6 Å². The third kappa shape index (κ3) is 4.15. The first-order valence-electron chi connectivity index (χ1n) is 9.73. The number of benzene rings is 3. The number of para-hydroxylation sites is 2. The zero-order valence-electron chi connectivity index (χ0n) is 17.1. The second-order valence-corrected chi connectivity index (χ2v) is 7.03. The molecule has 0 saturated heterocycles. The Morgan fingerprint density at radius 1 is 1.00 bits per heavy atom. The van der Waals surface area contributed by atoms with Gasteiger partial charge in [-0.1, -0.05) is 12.1 Å². The summed E-state index contributed by atoms with van der Waals surface area (Å²) in [5.41, 5.74) is 9.97. The van der Waals surface area contributed by atoms with E-state index in [1.165, 1.54) is 7.11 Å². The average molecular weight is 428 g/mol. The molecule has 0 bridgehead atoms. The monoisotopic (exact) mass is 428 g/mol. The minimum atomic E-state index is -0.481. The molecule has 5 N–H and O–H groups in total. The highest BCUT2D eigenvalue weighted by molar-refractivity contribution is 6.32. The first-order valence-corrected chi connectivity index (χ1v) is 9.73. The van der Waals surface area contributed by atoms with Crippen molar-refractivity contribution in [1.29, 1.82) is 0 Å². The highest BCUT2D eigenvalue weighted by atomic mass is 16.5. The number of fused-ring (bicyclic) bond motifs is 1. The molecule has 3 aromatic rings. The van der Waals surface area contributed by atoms with Crippen LogP contribution in [0.1, 0.15) is 26.3 Å². The maximum absolute atomic E-state index is 12.4. The number of esters is 1. The molecular weight excluding hydrogens is 408 g/mol. The highest BCUT2D eigenvalue weighted by Gasteiger charge is 2.25. The minimum absolute atomic E-state index is 0.285. The van der Waals surface area contributed by atoms with Gasteiger partial charge in [-0.25, -0.2) is 4.79 Å². The summed E-state index contributed by atoms with van der Waals surface area (Å²) in [6, 6.07) is 18.6. The van der Waals surface area contributed by atoms with Crippen LogP contribution in [0, 0.1) is 0 Å². The number of methoxy groups -OCH3 is 1. The number of anilines is 4. The van der Waals surface area contributed by atoms with E-state index in [1.54, 1.807) is 72.9 Å². The zero-order valence-corrected chi connectivity index (χ0v) is 17.1. The van der Waals surface area contributed by atoms with Gasteiger partial charge in [0.1, 0.15) is 0 Å². The van der Waals surface area contributed by atoms with Crippen molar-refractivity contribution in [3.8, 4) is 0 Å². The van der Waals surface area contributed by atoms with Crippen molar-refractivity contribution in [1.82, 2.24) is 0 Å². The summed E-state index contributed by atoms with van der Waals surface area (Å²) in [6.45, 7) is 0. The molecule has 160 valence electrons. The van der Waals surface area contributed by atoms with Crippen molar-refractivity contribution in [2.45, 2.75) is 0 Å². The smallest absolute Gasteiger partial charge is 0.337 e. The maximum atomic E-state index is 12.4. The Morgan fingerprint density at radius 3 is 2.44 bits per heavy atom. The topological polar surface area (TPSA) is 123 Å². The fraction of sp³-hybridized carbons (Fsp3) is 0.0417. The van der Waals surface area contributed by atoms with E-state index in [4.69, 9.17) is 10.5 Å². The maximum Gasteiger partial charge on any atom is 0.337 e. The van der Waals surface area contributed by atoms with Crippen LogP contribution in [0.2, 0.25) is 0 Å². The van der Waals surface area contributed by atoms with E-state index in [0.29, 0.717) is 45.0 Å². The van der Waals surface area contributed by atoms with Crippen molar-refractivity contribution >= 4 is 46.1 Å². The van der Waals surface area contributed by atoms with Crippen LogP contribution in [0.3, 0.4) is 0 Å². The van der Waals surface area contributed by atoms with Crippen LogP contribution < -0.4 is 21.7 Å². The van der Waals surface area contributed by atoms with Crippen LogP contribution in [0.5, 0.6) is 0 Å². The lowest BCUT2D eigenvalue weighted by atomic mass is 10.0. The lowest BCUT2D eigenvalue weighted by Gasteiger charge is -2.09. The van der Waals surface area contributed by atoms with Crippen molar-refractivity contribution in [3.63, 3.8) is 0 Å². The summed E-state index contributed by atoms with van der Waals surface area (Å²) in [7, 11) is 1.30. The molecule has 2 amide bonds. The number of amides is 2.